The molecule has 118 valence electrons. The van der Waals surface area contributed by atoms with Crippen LogP contribution in [-0.4, -0.2) is 10.9 Å². The first-order chi connectivity index (χ1) is 10.9. The fourth-order valence-corrected chi connectivity index (χ4v) is 3.12. The number of hydrogen-bond donors (Lipinski definition) is 2. The number of rotatable bonds is 3. The number of aromatic amines is 1. The average molecular weight is 306 g/mol. The smallest absolute Gasteiger partial charge is 0.234 e. The lowest BCUT2D eigenvalue weighted by atomic mass is 9.81. The summed E-state index contributed by atoms with van der Waals surface area (Å²) >= 11 is 0. The fourth-order valence-electron chi connectivity index (χ4n) is 3.12. The number of para-hydroxylation sites is 1. The van der Waals surface area contributed by atoms with Crippen molar-refractivity contribution in [1.82, 2.24) is 4.98 Å². The molecule has 0 radical (unpaired) electrons. The Kier molecular flexibility index (Phi) is 3.72. The van der Waals surface area contributed by atoms with Crippen molar-refractivity contribution in [3.63, 3.8) is 0 Å². The third-order valence-corrected chi connectivity index (χ3v) is 4.40. The number of nitrogens with one attached hydrogen (secondary N) is 2. The fraction of sp³-hybridized carbons (Fsp3) is 0.250. The molecule has 1 amide bonds. The molecule has 2 N–H and O–H groups in total. The van der Waals surface area contributed by atoms with E-state index in [2.05, 4.69) is 16.4 Å². The first-order valence-electron chi connectivity index (χ1n) is 7.85. The highest BCUT2D eigenvalue weighted by molar-refractivity contribution is 6.02. The van der Waals surface area contributed by atoms with Crippen molar-refractivity contribution in [1.29, 1.82) is 0 Å². The van der Waals surface area contributed by atoms with Crippen LogP contribution in [-0.2, 0) is 10.2 Å². The van der Waals surface area contributed by atoms with Gasteiger partial charge in [0.2, 0.25) is 5.91 Å². The van der Waals surface area contributed by atoms with Gasteiger partial charge in [-0.2, -0.15) is 0 Å². The molecule has 2 aromatic carbocycles. The van der Waals surface area contributed by atoms with Gasteiger partial charge in [0.15, 0.2) is 0 Å². The highest BCUT2D eigenvalue weighted by atomic mass is 16.2. The van der Waals surface area contributed by atoms with E-state index in [4.69, 9.17) is 0 Å². The molecule has 0 aliphatic rings. The quantitative estimate of drug-likeness (QED) is 0.723. The second-order valence-corrected chi connectivity index (χ2v) is 6.62. The Morgan fingerprint density at radius 2 is 1.65 bits per heavy atom. The standard InChI is InChI=1S/C20H22N2O/c1-13-9-11-15(12-10-13)22-19(23)20(3,4)18-14(2)21-17-8-6-5-7-16(17)18/h5-12,21H,1-4H3,(H,22,23). The van der Waals surface area contributed by atoms with Crippen LogP contribution in [0.25, 0.3) is 10.9 Å². The lowest BCUT2D eigenvalue weighted by molar-refractivity contribution is -0.120. The Bertz CT molecular complexity index is 857. The van der Waals surface area contributed by atoms with Crippen LogP contribution in [0.3, 0.4) is 0 Å². The van der Waals surface area contributed by atoms with Crippen molar-refractivity contribution in [2.24, 2.45) is 0 Å². The second kappa shape index (κ2) is 5.58. The number of fused-ring (bicyclic) bond motifs is 1. The van der Waals surface area contributed by atoms with Crippen LogP contribution in [0.15, 0.2) is 48.5 Å². The topological polar surface area (TPSA) is 44.9 Å². The van der Waals surface area contributed by atoms with Crippen LogP contribution in [0.2, 0.25) is 0 Å². The lowest BCUT2D eigenvalue weighted by Crippen LogP contribution is -2.35. The van der Waals surface area contributed by atoms with Gasteiger partial charge in [-0.15, -0.1) is 0 Å². The molecule has 3 aromatic rings. The molecule has 3 nitrogen and oxygen atoms in total. The highest BCUT2D eigenvalue weighted by Gasteiger charge is 2.34. The Hall–Kier alpha value is -2.55. The maximum Gasteiger partial charge on any atom is 0.234 e. The number of benzene rings is 2. The maximum absolute atomic E-state index is 12.9. The minimum absolute atomic E-state index is 0.00536. The van der Waals surface area contributed by atoms with Gasteiger partial charge in [0.25, 0.3) is 0 Å². The maximum atomic E-state index is 12.9. The minimum atomic E-state index is -0.630. The summed E-state index contributed by atoms with van der Waals surface area (Å²) < 4.78 is 0. The van der Waals surface area contributed by atoms with E-state index < -0.39 is 5.41 Å². The van der Waals surface area contributed by atoms with E-state index in [-0.39, 0.29) is 5.91 Å². The van der Waals surface area contributed by atoms with E-state index in [1.165, 1.54) is 5.56 Å². The molecule has 0 saturated carbocycles. The van der Waals surface area contributed by atoms with E-state index >= 15 is 0 Å². The van der Waals surface area contributed by atoms with Crippen LogP contribution >= 0.6 is 0 Å². The third kappa shape index (κ3) is 2.74. The van der Waals surface area contributed by atoms with Crippen molar-refractivity contribution >= 4 is 22.5 Å². The molecule has 0 spiro atoms. The first kappa shape index (κ1) is 15.3. The molecule has 0 bridgehead atoms. The number of amides is 1. The molecule has 0 fully saturated rings. The summed E-state index contributed by atoms with van der Waals surface area (Å²) in [5.74, 6) is -0.00536. The molecule has 0 aliphatic carbocycles. The van der Waals surface area contributed by atoms with Crippen molar-refractivity contribution in [2.75, 3.05) is 5.32 Å². The Labute approximate surface area is 136 Å². The second-order valence-electron chi connectivity index (χ2n) is 6.62. The molecular weight excluding hydrogens is 284 g/mol. The summed E-state index contributed by atoms with van der Waals surface area (Å²) in [6.07, 6.45) is 0. The highest BCUT2D eigenvalue weighted by Crippen LogP contribution is 2.34. The predicted molar refractivity (Wildman–Crippen MR) is 95.9 cm³/mol. The third-order valence-electron chi connectivity index (χ3n) is 4.40. The van der Waals surface area contributed by atoms with Crippen molar-refractivity contribution in [2.45, 2.75) is 33.1 Å². The normalized spacial score (nSPS) is 11.7. The molecule has 0 unspecified atom stereocenters. The number of H-pyrrole nitrogens is 1. The summed E-state index contributed by atoms with van der Waals surface area (Å²) in [5.41, 5.74) is 4.53. The molecule has 3 heteroatoms. The summed E-state index contributed by atoms with van der Waals surface area (Å²) in [4.78, 5) is 16.3. The summed E-state index contributed by atoms with van der Waals surface area (Å²) in [6.45, 7) is 8.00. The van der Waals surface area contributed by atoms with E-state index in [1.54, 1.807) is 0 Å². The Morgan fingerprint density at radius 1 is 1.00 bits per heavy atom. The lowest BCUT2D eigenvalue weighted by Gasteiger charge is -2.24. The summed E-state index contributed by atoms with van der Waals surface area (Å²) in [6, 6.07) is 16.0. The van der Waals surface area contributed by atoms with Gasteiger partial charge in [-0.1, -0.05) is 35.9 Å². The zero-order valence-corrected chi connectivity index (χ0v) is 14.0. The molecule has 0 aliphatic heterocycles. The van der Waals surface area contributed by atoms with Crippen LogP contribution < -0.4 is 5.32 Å². The SMILES string of the molecule is Cc1ccc(NC(=O)C(C)(C)c2c(C)[nH]c3ccccc23)cc1. The van der Waals surface area contributed by atoms with Gasteiger partial charge in [0.05, 0.1) is 5.41 Å². The average Bonchev–Trinajstić information content (AvgIpc) is 2.85. The van der Waals surface area contributed by atoms with Gasteiger partial charge in [-0.05, 0) is 51.5 Å². The van der Waals surface area contributed by atoms with Gasteiger partial charge < -0.3 is 10.3 Å². The first-order valence-corrected chi connectivity index (χ1v) is 7.85. The van der Waals surface area contributed by atoms with Crippen LogP contribution in [0, 0.1) is 13.8 Å². The zero-order chi connectivity index (χ0) is 16.6. The van der Waals surface area contributed by atoms with Crippen LogP contribution in [0.5, 0.6) is 0 Å². The predicted octanol–water partition coefficient (Wildman–Crippen LogP) is 4.70. The molecule has 0 atom stereocenters. The van der Waals surface area contributed by atoms with Crippen LogP contribution in [0.1, 0.15) is 30.7 Å². The Balaban J connectivity index is 1.97. The zero-order valence-electron chi connectivity index (χ0n) is 14.0. The summed E-state index contributed by atoms with van der Waals surface area (Å²) in [7, 11) is 0. The molecule has 3 rings (SSSR count). The molecule has 1 aromatic heterocycles. The number of carbonyl (C=O) groups is 1. The van der Waals surface area contributed by atoms with E-state index in [1.807, 2.05) is 70.2 Å². The number of aryl methyl sites for hydroxylation is 2. The van der Waals surface area contributed by atoms with Crippen LogP contribution in [0.4, 0.5) is 5.69 Å². The van der Waals surface area contributed by atoms with E-state index in [0.717, 1.165) is 27.8 Å². The van der Waals surface area contributed by atoms with Crippen molar-refractivity contribution in [3.05, 3.63) is 65.4 Å². The van der Waals surface area contributed by atoms with Gasteiger partial charge >= 0.3 is 0 Å². The molecule has 0 saturated heterocycles. The van der Waals surface area contributed by atoms with Gasteiger partial charge in [0, 0.05) is 22.3 Å². The number of anilines is 1. The van der Waals surface area contributed by atoms with Crippen molar-refractivity contribution < 1.29 is 4.79 Å². The largest absolute Gasteiger partial charge is 0.358 e. The molecular formula is C20H22N2O. The van der Waals surface area contributed by atoms with Gasteiger partial charge in [-0.25, -0.2) is 0 Å². The van der Waals surface area contributed by atoms with E-state index in [9.17, 15) is 4.79 Å². The Morgan fingerprint density at radius 3 is 2.35 bits per heavy atom. The van der Waals surface area contributed by atoms with Gasteiger partial charge in [-0.3, -0.25) is 4.79 Å². The summed E-state index contributed by atoms with van der Waals surface area (Å²) in [5, 5.41) is 4.14. The number of hydrogen-bond acceptors (Lipinski definition) is 1. The van der Waals surface area contributed by atoms with Crippen molar-refractivity contribution in [3.8, 4) is 0 Å². The van der Waals surface area contributed by atoms with Gasteiger partial charge in [0.1, 0.15) is 0 Å². The number of carbonyl (C=O) groups excluding carboxylic acids is 1. The minimum Gasteiger partial charge on any atom is -0.358 e. The van der Waals surface area contributed by atoms with E-state index in [0.29, 0.717) is 0 Å². The number of aromatic nitrogens is 1. The monoisotopic (exact) mass is 306 g/mol. The molecule has 23 heavy (non-hydrogen) atoms. The molecule has 1 heterocycles.